The third-order valence-corrected chi connectivity index (χ3v) is 7.80. The van der Waals surface area contributed by atoms with Gasteiger partial charge in [-0.1, -0.05) is 62.1 Å². The molecule has 0 aliphatic heterocycles. The fourth-order valence-electron chi connectivity index (χ4n) is 5.90. The molecule has 0 aromatic heterocycles. The molecule has 0 heterocycles. The minimum Gasteiger partial charge on any atom is -0.373 e. The lowest BCUT2D eigenvalue weighted by Crippen LogP contribution is -2.25. The Balaban J connectivity index is 1.25. The number of hydrogen-bond acceptors (Lipinski definition) is 1. The lowest BCUT2D eigenvalue weighted by atomic mass is 9.68. The summed E-state index contributed by atoms with van der Waals surface area (Å²) in [5, 5.41) is 0. The van der Waals surface area contributed by atoms with Crippen LogP contribution in [0.1, 0.15) is 88.2 Å². The van der Waals surface area contributed by atoms with E-state index < -0.39 is 0 Å². The van der Waals surface area contributed by atoms with Crippen LogP contribution in [0.5, 0.6) is 0 Å². The Morgan fingerprint density at radius 1 is 0.733 bits per heavy atom. The molecule has 0 saturated heterocycles. The van der Waals surface area contributed by atoms with E-state index in [1.54, 1.807) is 6.08 Å². The highest BCUT2D eigenvalue weighted by atomic mass is 16.5. The molecular weight excluding hydrogens is 364 g/mol. The molecule has 1 aromatic carbocycles. The van der Waals surface area contributed by atoms with Crippen molar-refractivity contribution >= 4 is 0 Å². The van der Waals surface area contributed by atoms with E-state index in [0.29, 0.717) is 13.2 Å². The van der Waals surface area contributed by atoms with Crippen molar-refractivity contribution < 1.29 is 4.74 Å². The van der Waals surface area contributed by atoms with Gasteiger partial charge in [0, 0.05) is 0 Å². The third kappa shape index (κ3) is 7.73. The van der Waals surface area contributed by atoms with Gasteiger partial charge in [0.2, 0.25) is 0 Å². The quantitative estimate of drug-likeness (QED) is 0.250. The van der Waals surface area contributed by atoms with Gasteiger partial charge in [0.05, 0.1) is 13.2 Å². The van der Waals surface area contributed by atoms with Gasteiger partial charge in [-0.2, -0.15) is 0 Å². The fraction of sp³-hybridized carbons (Fsp3) is 0.655. The Hall–Kier alpha value is -1.34. The highest BCUT2D eigenvalue weighted by molar-refractivity contribution is 5.22. The molecule has 0 unspecified atom stereocenters. The zero-order valence-corrected chi connectivity index (χ0v) is 19.2. The Bertz CT molecular complexity index is 600. The Kier molecular flexibility index (Phi) is 10.2. The molecule has 2 saturated carbocycles. The smallest absolute Gasteiger partial charge is 0.0721 e. The lowest BCUT2D eigenvalue weighted by molar-refractivity contribution is 0.143. The Morgan fingerprint density at radius 2 is 1.33 bits per heavy atom. The summed E-state index contributed by atoms with van der Waals surface area (Å²) in [5.41, 5.74) is 2.73. The average molecular weight is 409 g/mol. The largest absolute Gasteiger partial charge is 0.373 e. The zero-order chi connectivity index (χ0) is 21.0. The highest BCUT2D eigenvalue weighted by Gasteiger charge is 2.30. The van der Waals surface area contributed by atoms with Crippen LogP contribution in [0.2, 0.25) is 0 Å². The molecule has 3 rings (SSSR count). The first-order valence-corrected chi connectivity index (χ1v) is 12.7. The molecular formula is C29H44O. The van der Waals surface area contributed by atoms with Gasteiger partial charge in [-0.05, 0) is 92.6 Å². The first kappa shape index (κ1) is 23.3. The fourth-order valence-corrected chi connectivity index (χ4v) is 5.90. The van der Waals surface area contributed by atoms with Gasteiger partial charge in [-0.3, -0.25) is 0 Å². The van der Waals surface area contributed by atoms with Crippen LogP contribution in [-0.2, 0) is 17.8 Å². The van der Waals surface area contributed by atoms with Gasteiger partial charge in [-0.25, -0.2) is 0 Å². The Labute approximate surface area is 186 Å². The number of rotatable bonds is 12. The number of aryl methyl sites for hydroxylation is 1. The first-order chi connectivity index (χ1) is 14.8. The van der Waals surface area contributed by atoms with Gasteiger partial charge in [0.15, 0.2) is 0 Å². The number of ether oxygens (including phenoxy) is 1. The van der Waals surface area contributed by atoms with Crippen molar-refractivity contribution in [1.29, 1.82) is 0 Å². The van der Waals surface area contributed by atoms with E-state index in [2.05, 4.69) is 43.5 Å². The van der Waals surface area contributed by atoms with Crippen LogP contribution >= 0.6 is 0 Å². The second kappa shape index (κ2) is 13.2. The van der Waals surface area contributed by atoms with E-state index in [1.165, 1.54) is 94.6 Å². The van der Waals surface area contributed by atoms with Crippen molar-refractivity contribution in [3.63, 3.8) is 0 Å². The maximum absolute atomic E-state index is 5.51. The minimum atomic E-state index is 0.626. The van der Waals surface area contributed by atoms with Crippen molar-refractivity contribution in [2.24, 2.45) is 23.7 Å². The van der Waals surface area contributed by atoms with Gasteiger partial charge in [-0.15, -0.1) is 13.2 Å². The van der Waals surface area contributed by atoms with Crippen molar-refractivity contribution in [1.82, 2.24) is 0 Å². The maximum atomic E-state index is 5.51. The maximum Gasteiger partial charge on any atom is 0.0721 e. The van der Waals surface area contributed by atoms with Crippen LogP contribution in [0.25, 0.3) is 0 Å². The molecule has 0 N–H and O–H groups in total. The molecule has 0 radical (unpaired) electrons. The van der Waals surface area contributed by atoms with Gasteiger partial charge < -0.3 is 4.74 Å². The van der Waals surface area contributed by atoms with E-state index in [4.69, 9.17) is 4.74 Å². The van der Waals surface area contributed by atoms with E-state index in [9.17, 15) is 0 Å². The van der Waals surface area contributed by atoms with Crippen molar-refractivity contribution in [3.05, 3.63) is 60.7 Å². The molecule has 2 fully saturated rings. The lowest BCUT2D eigenvalue weighted by Gasteiger charge is -2.37. The molecule has 0 bridgehead atoms. The molecule has 1 heteroatoms. The molecule has 2 aliphatic rings. The highest BCUT2D eigenvalue weighted by Crippen LogP contribution is 2.42. The van der Waals surface area contributed by atoms with Crippen molar-refractivity contribution in [3.8, 4) is 0 Å². The van der Waals surface area contributed by atoms with Crippen LogP contribution in [-0.4, -0.2) is 6.61 Å². The standard InChI is InChI=1S/C29H44O/c1-3-7-24-14-18-28(19-15-24)29-20-16-26(17-21-29)9-6-5-8-25-10-12-27(13-11-25)23-30-22-4-2/h3-4,10-13,24,26,28-29H,1-2,5-9,14-23H2/t24-,26-,28-,29-. The van der Waals surface area contributed by atoms with Crippen LogP contribution in [0.3, 0.4) is 0 Å². The number of hydrogen-bond donors (Lipinski definition) is 0. The summed E-state index contributed by atoms with van der Waals surface area (Å²) in [6.45, 7) is 8.93. The summed E-state index contributed by atoms with van der Waals surface area (Å²) in [5.74, 6) is 4.02. The van der Waals surface area contributed by atoms with Gasteiger partial charge in [0.1, 0.15) is 0 Å². The predicted molar refractivity (Wildman–Crippen MR) is 130 cm³/mol. The van der Waals surface area contributed by atoms with E-state index in [-0.39, 0.29) is 0 Å². The SMILES string of the molecule is C=CCOCc1ccc(CCCC[C@H]2CC[C@H]([C@H]3CC[C@H](CC=C)CC3)CC2)cc1. The predicted octanol–water partition coefficient (Wildman–Crippen LogP) is 8.29. The van der Waals surface area contributed by atoms with Crippen molar-refractivity contribution in [2.45, 2.75) is 90.1 Å². The molecule has 1 nitrogen and oxygen atoms in total. The summed E-state index contributed by atoms with van der Waals surface area (Å²) >= 11 is 0. The van der Waals surface area contributed by atoms with Crippen LogP contribution < -0.4 is 0 Å². The summed E-state index contributed by atoms with van der Waals surface area (Å²) in [4.78, 5) is 0. The van der Waals surface area contributed by atoms with Gasteiger partial charge in [0.25, 0.3) is 0 Å². The zero-order valence-electron chi connectivity index (χ0n) is 19.2. The van der Waals surface area contributed by atoms with E-state index >= 15 is 0 Å². The average Bonchev–Trinajstić information content (AvgIpc) is 2.79. The number of allylic oxidation sites excluding steroid dienone is 1. The third-order valence-electron chi connectivity index (χ3n) is 7.80. The van der Waals surface area contributed by atoms with E-state index in [1.807, 2.05) is 0 Å². The summed E-state index contributed by atoms with van der Waals surface area (Å²) in [7, 11) is 0. The molecule has 2 aliphatic carbocycles. The minimum absolute atomic E-state index is 0.626. The Morgan fingerprint density at radius 3 is 1.93 bits per heavy atom. The summed E-state index contributed by atoms with van der Waals surface area (Å²) in [6, 6.07) is 8.98. The number of benzene rings is 1. The molecule has 0 spiro atoms. The normalized spacial score (nSPS) is 26.9. The topological polar surface area (TPSA) is 9.23 Å². The van der Waals surface area contributed by atoms with Gasteiger partial charge >= 0.3 is 0 Å². The molecule has 0 amide bonds. The molecule has 1 aromatic rings. The van der Waals surface area contributed by atoms with Crippen LogP contribution in [0.15, 0.2) is 49.6 Å². The first-order valence-electron chi connectivity index (χ1n) is 12.7. The second-order valence-corrected chi connectivity index (χ2v) is 9.95. The van der Waals surface area contributed by atoms with Crippen LogP contribution in [0.4, 0.5) is 0 Å². The summed E-state index contributed by atoms with van der Waals surface area (Å²) in [6.07, 6.45) is 22.5. The second-order valence-electron chi connectivity index (χ2n) is 9.95. The molecule has 30 heavy (non-hydrogen) atoms. The summed E-state index contributed by atoms with van der Waals surface area (Å²) < 4.78 is 5.51. The molecule has 166 valence electrons. The monoisotopic (exact) mass is 408 g/mol. The molecule has 0 atom stereocenters. The number of unbranched alkanes of at least 4 members (excludes halogenated alkanes) is 1. The van der Waals surface area contributed by atoms with Crippen molar-refractivity contribution in [2.75, 3.05) is 6.61 Å². The van der Waals surface area contributed by atoms with E-state index in [0.717, 1.165) is 23.7 Å². The van der Waals surface area contributed by atoms with Crippen LogP contribution in [0, 0.1) is 23.7 Å².